The summed E-state index contributed by atoms with van der Waals surface area (Å²) in [4.78, 5) is 0. The third-order valence-corrected chi connectivity index (χ3v) is 16.4. The zero-order chi connectivity index (χ0) is 45.0. The highest BCUT2D eigenvalue weighted by molar-refractivity contribution is 6.06. The predicted molar refractivity (Wildman–Crippen MR) is 279 cm³/mol. The minimum Gasteiger partial charge on any atom is -0.354 e. The van der Waals surface area contributed by atoms with Crippen LogP contribution in [0.25, 0.3) is 66.4 Å². The van der Waals surface area contributed by atoms with Gasteiger partial charge >= 0.3 is 0 Å². The zero-order valence-electron chi connectivity index (χ0n) is 40.0. The van der Waals surface area contributed by atoms with Crippen molar-refractivity contribution in [3.8, 4) is 55.6 Å². The standard InChI is InChI=1S/C64H63N/c1-40-32-55-58(33-41(40)2)64(9,31-30-63(55,7)8)39-45-26-27-50(48-24-15-14-23-47(45)48)54-35-53-49-25-16-13-22-46(49)43-20-17-21-44(34-43)52-36-56-57(62(5,6)29-28-61(56,3)4)38-60(52)65-59(54)37-51(53)42-18-11-10-12-19-42/h10-27,32-38,65H,28-31,39H2,1-9H3. The molecule has 1 N–H and O–H groups in total. The first-order valence-corrected chi connectivity index (χ1v) is 24.1. The van der Waals surface area contributed by atoms with Gasteiger partial charge in [0.1, 0.15) is 0 Å². The number of nitrogens with one attached hydrogen (secondary N) is 1. The van der Waals surface area contributed by atoms with Crippen molar-refractivity contribution in [2.75, 3.05) is 5.32 Å². The van der Waals surface area contributed by atoms with Crippen molar-refractivity contribution in [1.29, 1.82) is 0 Å². The Morgan fingerprint density at radius 2 is 0.923 bits per heavy atom. The molecule has 1 heteroatoms. The number of hydrogen-bond acceptors (Lipinski definition) is 1. The van der Waals surface area contributed by atoms with Gasteiger partial charge in [0.15, 0.2) is 0 Å². The molecule has 8 aromatic rings. The molecule has 1 atom stereocenters. The minimum absolute atomic E-state index is 0.0311. The first kappa shape index (κ1) is 41.5. The molecule has 1 unspecified atom stereocenters. The molecule has 0 spiro atoms. The Balaban J connectivity index is 1.18. The molecule has 12 rings (SSSR count). The van der Waals surface area contributed by atoms with Gasteiger partial charge in [-0.15, -0.1) is 0 Å². The van der Waals surface area contributed by atoms with E-state index in [1.165, 1.54) is 125 Å². The average molecular weight is 846 g/mol. The van der Waals surface area contributed by atoms with Crippen LogP contribution in [0, 0.1) is 13.8 Å². The highest BCUT2D eigenvalue weighted by Crippen LogP contribution is 2.53. The summed E-state index contributed by atoms with van der Waals surface area (Å²) in [6.45, 7) is 21.8. The summed E-state index contributed by atoms with van der Waals surface area (Å²) in [5, 5.41) is 6.88. The van der Waals surface area contributed by atoms with Crippen LogP contribution in [0.15, 0.2) is 152 Å². The van der Waals surface area contributed by atoms with Crippen molar-refractivity contribution >= 4 is 22.1 Å². The summed E-state index contributed by atoms with van der Waals surface area (Å²) in [6.07, 6.45) is 5.69. The van der Waals surface area contributed by atoms with E-state index in [4.69, 9.17) is 0 Å². The molecule has 8 aromatic carbocycles. The zero-order valence-corrected chi connectivity index (χ0v) is 40.0. The second-order valence-electron chi connectivity index (χ2n) is 22.2. The smallest absolute Gasteiger partial charge is 0.0470 e. The highest BCUT2D eigenvalue weighted by Gasteiger charge is 2.41. The molecule has 65 heavy (non-hydrogen) atoms. The third-order valence-electron chi connectivity index (χ3n) is 16.4. The molecule has 0 saturated carbocycles. The third kappa shape index (κ3) is 6.88. The van der Waals surface area contributed by atoms with Gasteiger partial charge in [0.05, 0.1) is 0 Å². The Morgan fingerprint density at radius 1 is 0.369 bits per heavy atom. The predicted octanol–water partition coefficient (Wildman–Crippen LogP) is 17.8. The lowest BCUT2D eigenvalue weighted by atomic mass is 9.60. The normalized spacial score (nSPS) is 18.6. The molecule has 0 amide bonds. The van der Waals surface area contributed by atoms with E-state index in [-0.39, 0.29) is 21.7 Å². The summed E-state index contributed by atoms with van der Waals surface area (Å²) in [7, 11) is 0. The fraction of sp³-hybridized carbons (Fsp3) is 0.281. The monoisotopic (exact) mass is 845 g/mol. The Bertz CT molecular complexity index is 3210. The van der Waals surface area contributed by atoms with Crippen LogP contribution in [-0.2, 0) is 28.1 Å². The first-order chi connectivity index (χ1) is 31.1. The van der Waals surface area contributed by atoms with E-state index in [9.17, 15) is 0 Å². The van der Waals surface area contributed by atoms with E-state index >= 15 is 0 Å². The van der Waals surface area contributed by atoms with Crippen molar-refractivity contribution in [2.45, 2.75) is 116 Å². The summed E-state index contributed by atoms with van der Waals surface area (Å²) in [6, 6.07) is 58.5. The lowest BCUT2D eigenvalue weighted by molar-refractivity contribution is 0.310. The summed E-state index contributed by atoms with van der Waals surface area (Å²) in [5.41, 5.74) is 25.2. The minimum atomic E-state index is 0.0311. The van der Waals surface area contributed by atoms with E-state index in [0.717, 1.165) is 24.2 Å². The van der Waals surface area contributed by atoms with Crippen LogP contribution in [0.5, 0.6) is 0 Å². The number of aryl methyl sites for hydroxylation is 2. The van der Waals surface area contributed by atoms with E-state index in [2.05, 4.69) is 219 Å². The molecule has 1 nitrogen and oxygen atoms in total. The van der Waals surface area contributed by atoms with Crippen molar-refractivity contribution < 1.29 is 0 Å². The van der Waals surface area contributed by atoms with Gasteiger partial charge in [-0.25, -0.2) is 0 Å². The quantitative estimate of drug-likeness (QED) is 0.186. The van der Waals surface area contributed by atoms with Gasteiger partial charge in [0.25, 0.3) is 0 Å². The lowest BCUT2D eigenvalue weighted by Crippen LogP contribution is -2.37. The van der Waals surface area contributed by atoms with Gasteiger partial charge in [-0.05, 0) is 192 Å². The maximum Gasteiger partial charge on any atom is 0.0470 e. The number of rotatable bonds is 4. The molecule has 4 bridgehead atoms. The maximum atomic E-state index is 4.24. The van der Waals surface area contributed by atoms with Crippen LogP contribution in [-0.4, -0.2) is 0 Å². The van der Waals surface area contributed by atoms with E-state index in [1.54, 1.807) is 0 Å². The van der Waals surface area contributed by atoms with Crippen LogP contribution in [0.1, 0.15) is 113 Å². The molecule has 0 radical (unpaired) electrons. The van der Waals surface area contributed by atoms with E-state index < -0.39 is 0 Å². The van der Waals surface area contributed by atoms with Crippen molar-refractivity contribution in [3.05, 3.63) is 191 Å². The molecule has 4 aliphatic rings. The van der Waals surface area contributed by atoms with Gasteiger partial charge in [-0.1, -0.05) is 170 Å². The largest absolute Gasteiger partial charge is 0.354 e. The molecule has 324 valence electrons. The highest BCUT2D eigenvalue weighted by atomic mass is 14.9. The van der Waals surface area contributed by atoms with E-state index in [1.807, 2.05) is 0 Å². The Labute approximate surface area is 388 Å². The molecule has 2 heterocycles. The first-order valence-electron chi connectivity index (χ1n) is 24.1. The van der Waals surface area contributed by atoms with Gasteiger partial charge in [0, 0.05) is 22.5 Å². The summed E-state index contributed by atoms with van der Waals surface area (Å²) >= 11 is 0. The van der Waals surface area contributed by atoms with Crippen molar-refractivity contribution in [3.63, 3.8) is 0 Å². The molecule has 2 aliphatic heterocycles. The molecule has 2 aliphatic carbocycles. The Morgan fingerprint density at radius 3 is 1.65 bits per heavy atom. The van der Waals surface area contributed by atoms with Crippen LogP contribution < -0.4 is 5.32 Å². The van der Waals surface area contributed by atoms with E-state index in [0.29, 0.717) is 0 Å². The number of benzene rings is 8. The van der Waals surface area contributed by atoms with Gasteiger partial charge < -0.3 is 5.32 Å². The van der Waals surface area contributed by atoms with Crippen LogP contribution in [0.2, 0.25) is 0 Å². The second-order valence-corrected chi connectivity index (χ2v) is 22.2. The number of anilines is 2. The number of hydrogen-bond donors (Lipinski definition) is 1. The average Bonchev–Trinajstić information content (AvgIpc) is 3.30. The topological polar surface area (TPSA) is 12.0 Å². The maximum absolute atomic E-state index is 4.24. The molecule has 0 saturated heterocycles. The van der Waals surface area contributed by atoms with Gasteiger partial charge in [-0.2, -0.15) is 0 Å². The Kier molecular flexibility index (Phi) is 9.54. The fourth-order valence-corrected chi connectivity index (χ4v) is 12.0. The number of fused-ring (bicyclic) bond motifs is 5. The lowest BCUT2D eigenvalue weighted by Gasteiger charge is -2.44. The van der Waals surface area contributed by atoms with Gasteiger partial charge in [-0.3, -0.25) is 0 Å². The fourth-order valence-electron chi connectivity index (χ4n) is 12.0. The Hall–Kier alpha value is -6.18. The summed E-state index contributed by atoms with van der Waals surface area (Å²) in [5.74, 6) is 0. The SMILES string of the molecule is Cc1cc2c(cc1C)C(C)(Cc1ccc(-c3cc4c(-c5ccccc5)cc3Nc3cc5c(cc3-c3cccc(c3)-c3ccccc3-4)C(C)(C)CCC5(C)C)c3ccccc13)CCC2(C)C. The van der Waals surface area contributed by atoms with Crippen molar-refractivity contribution in [2.24, 2.45) is 0 Å². The molecular weight excluding hydrogens is 783 g/mol. The van der Waals surface area contributed by atoms with Crippen molar-refractivity contribution in [1.82, 2.24) is 0 Å². The molecular formula is C64H63N. The second kappa shape index (κ2) is 14.9. The van der Waals surface area contributed by atoms with Gasteiger partial charge in [0.2, 0.25) is 0 Å². The van der Waals surface area contributed by atoms with Crippen LogP contribution in [0.3, 0.4) is 0 Å². The molecule has 0 fully saturated rings. The summed E-state index contributed by atoms with van der Waals surface area (Å²) < 4.78 is 0. The van der Waals surface area contributed by atoms with Crippen LogP contribution >= 0.6 is 0 Å². The molecule has 0 aromatic heterocycles. The van der Waals surface area contributed by atoms with Crippen LogP contribution in [0.4, 0.5) is 11.4 Å².